The highest BCUT2D eigenvalue weighted by atomic mass is 16.5. The van der Waals surface area contributed by atoms with Gasteiger partial charge in [-0.05, 0) is 55.3 Å². The van der Waals surface area contributed by atoms with E-state index in [0.29, 0.717) is 16.7 Å². The van der Waals surface area contributed by atoms with E-state index in [-0.39, 0.29) is 11.9 Å². The molecule has 7 nitrogen and oxygen atoms in total. The number of nitrogens with zero attached hydrogens (tertiary/aromatic N) is 3. The second-order valence-corrected chi connectivity index (χ2v) is 7.73. The number of hydrogen-bond acceptors (Lipinski definition) is 5. The summed E-state index contributed by atoms with van der Waals surface area (Å²) in [6.45, 7) is 3.75. The van der Waals surface area contributed by atoms with Crippen molar-refractivity contribution in [1.29, 1.82) is 0 Å². The Morgan fingerprint density at radius 2 is 1.91 bits per heavy atom. The molecule has 4 rings (SSSR count). The number of aromatic nitrogens is 3. The molecule has 0 spiro atoms. The van der Waals surface area contributed by atoms with Gasteiger partial charge in [0.1, 0.15) is 0 Å². The van der Waals surface area contributed by atoms with Crippen molar-refractivity contribution >= 4 is 22.8 Å². The predicted molar refractivity (Wildman–Crippen MR) is 122 cm³/mol. The van der Waals surface area contributed by atoms with Crippen molar-refractivity contribution in [2.75, 3.05) is 7.11 Å². The minimum Gasteiger partial charge on any atom is -0.465 e. The van der Waals surface area contributed by atoms with Gasteiger partial charge in [0.05, 0.1) is 36.1 Å². The van der Waals surface area contributed by atoms with Crippen LogP contribution in [0.3, 0.4) is 0 Å². The van der Waals surface area contributed by atoms with Gasteiger partial charge >= 0.3 is 5.97 Å². The number of esters is 1. The molecule has 32 heavy (non-hydrogen) atoms. The van der Waals surface area contributed by atoms with Crippen LogP contribution in [0.4, 0.5) is 0 Å². The van der Waals surface area contributed by atoms with Crippen molar-refractivity contribution in [3.8, 4) is 11.3 Å². The lowest BCUT2D eigenvalue weighted by Gasteiger charge is -2.18. The molecule has 0 saturated heterocycles. The fourth-order valence-corrected chi connectivity index (χ4v) is 3.78. The first kappa shape index (κ1) is 21.2. The Labute approximate surface area is 186 Å². The second-order valence-electron chi connectivity index (χ2n) is 7.73. The van der Waals surface area contributed by atoms with Crippen LogP contribution in [0.5, 0.6) is 0 Å². The van der Waals surface area contributed by atoms with E-state index in [0.717, 1.165) is 27.7 Å². The van der Waals surface area contributed by atoms with E-state index in [1.54, 1.807) is 36.0 Å². The fourth-order valence-electron chi connectivity index (χ4n) is 3.78. The Morgan fingerprint density at radius 1 is 1.12 bits per heavy atom. The molecule has 1 unspecified atom stereocenters. The molecule has 0 aliphatic rings. The zero-order chi connectivity index (χ0) is 22.8. The Kier molecular flexibility index (Phi) is 5.73. The molecule has 0 aliphatic carbocycles. The van der Waals surface area contributed by atoms with Gasteiger partial charge in [0.2, 0.25) is 0 Å². The maximum absolute atomic E-state index is 13.0. The van der Waals surface area contributed by atoms with Gasteiger partial charge in [-0.15, -0.1) is 0 Å². The molecular weight excluding hydrogens is 404 g/mol. The summed E-state index contributed by atoms with van der Waals surface area (Å²) in [6, 6.07) is 14.5. The average Bonchev–Trinajstić information content (AvgIpc) is 3.23. The third kappa shape index (κ3) is 4.09. The number of carbonyl (C=O) groups excluding carboxylic acids is 2. The number of pyridine rings is 1. The lowest BCUT2D eigenvalue weighted by atomic mass is 9.99. The van der Waals surface area contributed by atoms with Crippen LogP contribution in [0.15, 0.2) is 60.9 Å². The molecule has 4 aromatic rings. The minimum absolute atomic E-state index is 0.213. The van der Waals surface area contributed by atoms with Gasteiger partial charge in [-0.3, -0.25) is 9.48 Å². The molecule has 0 bridgehead atoms. The quantitative estimate of drug-likeness (QED) is 0.481. The average molecular weight is 428 g/mol. The second kappa shape index (κ2) is 8.63. The number of amides is 1. The van der Waals surface area contributed by atoms with Gasteiger partial charge in [0.25, 0.3) is 5.91 Å². The molecule has 1 amide bonds. The van der Waals surface area contributed by atoms with Crippen LogP contribution < -0.4 is 5.32 Å². The summed E-state index contributed by atoms with van der Waals surface area (Å²) in [5, 5.41) is 8.31. The highest BCUT2D eigenvalue weighted by Crippen LogP contribution is 2.29. The molecule has 2 heterocycles. The maximum Gasteiger partial charge on any atom is 0.337 e. The number of methoxy groups -OCH3 is 1. The highest BCUT2D eigenvalue weighted by Gasteiger charge is 2.18. The number of ether oxygens (including phenoxy) is 1. The summed E-state index contributed by atoms with van der Waals surface area (Å²) in [5.41, 5.74) is 5.15. The number of rotatable bonds is 5. The Hall–Kier alpha value is -4.00. The van der Waals surface area contributed by atoms with Crippen LogP contribution in [0.25, 0.3) is 22.2 Å². The van der Waals surface area contributed by atoms with Crippen molar-refractivity contribution in [2.24, 2.45) is 7.05 Å². The lowest BCUT2D eigenvalue weighted by molar-refractivity contribution is 0.0600. The molecular formula is C25H24N4O3. The van der Waals surface area contributed by atoms with Gasteiger partial charge in [0.15, 0.2) is 0 Å². The number of benzene rings is 2. The number of carbonyl (C=O) groups is 2. The molecule has 2 aromatic heterocycles. The number of para-hydroxylation sites is 1. The zero-order valence-electron chi connectivity index (χ0n) is 18.4. The van der Waals surface area contributed by atoms with E-state index < -0.39 is 5.97 Å². The maximum atomic E-state index is 13.0. The van der Waals surface area contributed by atoms with E-state index in [1.165, 1.54) is 7.11 Å². The summed E-state index contributed by atoms with van der Waals surface area (Å²) in [5.74, 6) is -0.644. The Balaban J connectivity index is 1.67. The van der Waals surface area contributed by atoms with Crippen molar-refractivity contribution in [1.82, 2.24) is 20.1 Å². The standard InChI is InChI=1S/C25H24N4O3/c1-15-11-17(25(31)32-4)9-10-19(15)24(30)27-16(2)21-12-23(18-13-26-29(3)14-18)28-22-8-6-5-7-20(21)22/h5-14,16H,1-4H3,(H,27,30). The molecule has 0 aliphatic heterocycles. The molecule has 7 heteroatoms. The van der Waals surface area contributed by atoms with Crippen molar-refractivity contribution in [3.05, 3.63) is 83.2 Å². The van der Waals surface area contributed by atoms with Crippen LogP contribution in [0.2, 0.25) is 0 Å². The van der Waals surface area contributed by atoms with Crippen LogP contribution in [0.1, 0.15) is 44.8 Å². The normalized spacial score (nSPS) is 11.9. The Morgan fingerprint density at radius 3 is 2.59 bits per heavy atom. The minimum atomic E-state index is -0.431. The van der Waals surface area contributed by atoms with Crippen molar-refractivity contribution in [3.63, 3.8) is 0 Å². The number of fused-ring (bicyclic) bond motifs is 1. The van der Waals surface area contributed by atoms with E-state index in [1.807, 2.05) is 50.5 Å². The summed E-state index contributed by atoms with van der Waals surface area (Å²) in [4.78, 5) is 29.6. The van der Waals surface area contributed by atoms with Crippen LogP contribution in [-0.2, 0) is 11.8 Å². The van der Waals surface area contributed by atoms with Gasteiger partial charge < -0.3 is 10.1 Å². The predicted octanol–water partition coefficient (Wildman–Crippen LogP) is 4.22. The van der Waals surface area contributed by atoms with E-state index in [4.69, 9.17) is 9.72 Å². The van der Waals surface area contributed by atoms with Gasteiger partial charge in [-0.25, -0.2) is 9.78 Å². The molecule has 0 radical (unpaired) electrons. The highest BCUT2D eigenvalue weighted by molar-refractivity contribution is 5.98. The van der Waals surface area contributed by atoms with Crippen LogP contribution in [0, 0.1) is 6.92 Å². The molecule has 0 fully saturated rings. The largest absolute Gasteiger partial charge is 0.465 e. The van der Waals surface area contributed by atoms with E-state index in [2.05, 4.69) is 10.4 Å². The van der Waals surface area contributed by atoms with Crippen molar-refractivity contribution < 1.29 is 14.3 Å². The van der Waals surface area contributed by atoms with Crippen LogP contribution >= 0.6 is 0 Å². The first-order valence-corrected chi connectivity index (χ1v) is 10.3. The molecule has 0 saturated carbocycles. The van der Waals surface area contributed by atoms with Crippen molar-refractivity contribution in [2.45, 2.75) is 19.9 Å². The topological polar surface area (TPSA) is 86.1 Å². The first-order valence-electron chi connectivity index (χ1n) is 10.3. The van der Waals surface area contributed by atoms with Gasteiger partial charge in [0, 0.05) is 29.8 Å². The monoisotopic (exact) mass is 428 g/mol. The van der Waals surface area contributed by atoms with E-state index in [9.17, 15) is 9.59 Å². The first-order chi connectivity index (χ1) is 15.4. The third-order valence-electron chi connectivity index (χ3n) is 5.46. The van der Waals surface area contributed by atoms with Gasteiger partial charge in [-0.1, -0.05) is 18.2 Å². The number of nitrogens with one attached hydrogen (secondary N) is 1. The molecule has 2 aromatic carbocycles. The third-order valence-corrected chi connectivity index (χ3v) is 5.46. The summed E-state index contributed by atoms with van der Waals surface area (Å²) >= 11 is 0. The molecule has 1 atom stereocenters. The summed E-state index contributed by atoms with van der Waals surface area (Å²) in [7, 11) is 3.20. The summed E-state index contributed by atoms with van der Waals surface area (Å²) in [6.07, 6.45) is 3.69. The Bertz CT molecular complexity index is 1330. The van der Waals surface area contributed by atoms with Gasteiger partial charge in [-0.2, -0.15) is 5.10 Å². The molecule has 1 N–H and O–H groups in total. The fraction of sp³-hybridized carbons (Fsp3) is 0.200. The van der Waals surface area contributed by atoms with E-state index >= 15 is 0 Å². The van der Waals surface area contributed by atoms with Crippen LogP contribution in [-0.4, -0.2) is 33.8 Å². The number of aryl methyl sites for hydroxylation is 2. The number of hydrogen-bond donors (Lipinski definition) is 1. The zero-order valence-corrected chi connectivity index (χ0v) is 18.4. The summed E-state index contributed by atoms with van der Waals surface area (Å²) < 4.78 is 6.49. The smallest absolute Gasteiger partial charge is 0.337 e. The molecule has 162 valence electrons. The SMILES string of the molecule is COC(=O)c1ccc(C(=O)NC(C)c2cc(-c3cnn(C)c3)nc3ccccc23)c(C)c1. The lowest BCUT2D eigenvalue weighted by Crippen LogP contribution is -2.27.